The van der Waals surface area contributed by atoms with Crippen LogP contribution in [0, 0.1) is 0 Å². The first kappa shape index (κ1) is 22.6. The highest BCUT2D eigenvalue weighted by Crippen LogP contribution is 2.29. The summed E-state index contributed by atoms with van der Waals surface area (Å²) < 4.78 is 23.7. The van der Waals surface area contributed by atoms with Crippen LogP contribution < -0.4 is 9.47 Å². The van der Waals surface area contributed by atoms with Gasteiger partial charge in [-0.15, -0.1) is 0 Å². The van der Waals surface area contributed by atoms with E-state index in [-0.39, 0.29) is 5.91 Å². The summed E-state index contributed by atoms with van der Waals surface area (Å²) in [7, 11) is 2.14. The van der Waals surface area contributed by atoms with E-state index in [4.69, 9.17) is 9.47 Å². The third kappa shape index (κ3) is 5.73. The lowest BCUT2D eigenvalue weighted by atomic mass is 10.1. The Morgan fingerprint density at radius 2 is 1.65 bits per heavy atom. The molecule has 31 heavy (non-hydrogen) atoms. The van der Waals surface area contributed by atoms with Crippen molar-refractivity contribution in [1.29, 1.82) is 0 Å². The van der Waals surface area contributed by atoms with Gasteiger partial charge in [0.2, 0.25) is 0 Å². The fraction of sp³-hybridized carbons (Fsp3) is 0.240. The quantitative estimate of drug-likeness (QED) is 0.488. The van der Waals surface area contributed by atoms with E-state index in [1.807, 2.05) is 55.5 Å². The molecule has 0 unspecified atom stereocenters. The molecule has 0 N–H and O–H groups in total. The van der Waals surface area contributed by atoms with Crippen molar-refractivity contribution in [1.82, 2.24) is 4.90 Å². The topological polar surface area (TPSA) is 55.8 Å². The van der Waals surface area contributed by atoms with Crippen LogP contribution in [0.3, 0.4) is 0 Å². The highest BCUT2D eigenvalue weighted by Gasteiger charge is 2.19. The Morgan fingerprint density at radius 3 is 2.35 bits per heavy atom. The van der Waals surface area contributed by atoms with E-state index in [1.54, 1.807) is 43.3 Å². The Balaban J connectivity index is 1.72. The van der Waals surface area contributed by atoms with Gasteiger partial charge in [-0.25, -0.2) is 0 Å². The standard InChI is InChI=1S/C25H27NO4S/c1-4-31(28)24-13-9-8-12-21(24)25(27)26(2)17-20-14-15-22(23(16-20)29-3)30-18-19-10-6-5-7-11-19/h5-16H,4,17-18H2,1-3H3/t31-/m1/s1. The zero-order valence-corrected chi connectivity index (χ0v) is 18.9. The first-order chi connectivity index (χ1) is 15.0. The van der Waals surface area contributed by atoms with Crippen molar-refractivity contribution >= 4 is 16.7 Å². The summed E-state index contributed by atoms with van der Waals surface area (Å²) in [5.74, 6) is 1.56. The first-order valence-electron chi connectivity index (χ1n) is 10.1. The van der Waals surface area contributed by atoms with Crippen molar-refractivity contribution in [2.24, 2.45) is 0 Å². The van der Waals surface area contributed by atoms with Gasteiger partial charge >= 0.3 is 0 Å². The van der Waals surface area contributed by atoms with Gasteiger partial charge in [-0.2, -0.15) is 0 Å². The van der Waals surface area contributed by atoms with Gasteiger partial charge in [-0.1, -0.05) is 55.5 Å². The highest BCUT2D eigenvalue weighted by atomic mass is 32.2. The smallest absolute Gasteiger partial charge is 0.255 e. The minimum absolute atomic E-state index is 0.166. The van der Waals surface area contributed by atoms with Gasteiger partial charge in [0.05, 0.1) is 28.4 Å². The summed E-state index contributed by atoms with van der Waals surface area (Å²) >= 11 is 0. The second-order valence-electron chi connectivity index (χ2n) is 7.05. The number of methoxy groups -OCH3 is 1. The van der Waals surface area contributed by atoms with E-state index in [1.165, 1.54) is 0 Å². The van der Waals surface area contributed by atoms with Crippen LogP contribution in [0.5, 0.6) is 11.5 Å². The summed E-state index contributed by atoms with van der Waals surface area (Å²) in [6, 6.07) is 22.6. The summed E-state index contributed by atoms with van der Waals surface area (Å²) in [5, 5.41) is 0. The third-order valence-corrected chi connectivity index (χ3v) is 6.23. The van der Waals surface area contributed by atoms with E-state index in [0.29, 0.717) is 40.9 Å². The Hall–Kier alpha value is -3.12. The van der Waals surface area contributed by atoms with Gasteiger partial charge < -0.3 is 14.4 Å². The van der Waals surface area contributed by atoms with Crippen molar-refractivity contribution in [3.8, 4) is 11.5 Å². The molecule has 0 fully saturated rings. The lowest BCUT2D eigenvalue weighted by molar-refractivity contribution is 0.0781. The second-order valence-corrected chi connectivity index (χ2v) is 8.76. The number of carbonyl (C=O) groups excluding carboxylic acids is 1. The fourth-order valence-corrected chi connectivity index (χ4v) is 4.16. The SMILES string of the molecule is CC[S@@](=O)c1ccccc1C(=O)N(C)Cc1ccc(OCc2ccccc2)c(OC)c1. The molecule has 0 saturated heterocycles. The van der Waals surface area contributed by atoms with Crippen molar-refractivity contribution < 1.29 is 18.5 Å². The van der Waals surface area contributed by atoms with Gasteiger partial charge in [0, 0.05) is 19.3 Å². The van der Waals surface area contributed by atoms with Crippen LogP contribution in [0.2, 0.25) is 0 Å². The van der Waals surface area contributed by atoms with Gasteiger partial charge in [0.1, 0.15) is 6.61 Å². The number of rotatable bonds is 9. The highest BCUT2D eigenvalue weighted by molar-refractivity contribution is 7.85. The molecule has 3 aromatic carbocycles. The molecule has 0 heterocycles. The van der Waals surface area contributed by atoms with Gasteiger partial charge in [-0.05, 0) is 35.4 Å². The lowest BCUT2D eigenvalue weighted by Crippen LogP contribution is -2.27. The number of nitrogens with zero attached hydrogens (tertiary/aromatic N) is 1. The van der Waals surface area contributed by atoms with Gasteiger partial charge in [0.25, 0.3) is 5.91 Å². The monoisotopic (exact) mass is 437 g/mol. The van der Waals surface area contributed by atoms with Crippen molar-refractivity contribution in [2.45, 2.75) is 25.0 Å². The molecule has 0 saturated carbocycles. The summed E-state index contributed by atoms with van der Waals surface area (Å²) in [6.07, 6.45) is 0. The Labute approximate surface area is 186 Å². The Morgan fingerprint density at radius 1 is 0.935 bits per heavy atom. The van der Waals surface area contributed by atoms with Gasteiger partial charge in [-0.3, -0.25) is 9.00 Å². The van der Waals surface area contributed by atoms with Crippen LogP contribution in [0.4, 0.5) is 0 Å². The molecule has 3 aromatic rings. The molecule has 5 nitrogen and oxygen atoms in total. The van der Waals surface area contributed by atoms with Crippen molar-refractivity contribution in [3.05, 3.63) is 89.5 Å². The first-order valence-corrected chi connectivity index (χ1v) is 11.4. The van der Waals surface area contributed by atoms with Crippen LogP contribution in [0.1, 0.15) is 28.4 Å². The number of hydrogen-bond acceptors (Lipinski definition) is 4. The normalized spacial score (nSPS) is 11.6. The number of carbonyl (C=O) groups is 1. The van der Waals surface area contributed by atoms with Crippen LogP contribution in [-0.2, 0) is 24.0 Å². The molecule has 162 valence electrons. The maximum atomic E-state index is 13.0. The maximum Gasteiger partial charge on any atom is 0.255 e. The molecular formula is C25H27NO4S. The van der Waals surface area contributed by atoms with E-state index in [2.05, 4.69) is 0 Å². The predicted molar refractivity (Wildman–Crippen MR) is 123 cm³/mol. The maximum absolute atomic E-state index is 13.0. The zero-order valence-electron chi connectivity index (χ0n) is 18.0. The van der Waals surface area contributed by atoms with Crippen LogP contribution >= 0.6 is 0 Å². The van der Waals surface area contributed by atoms with E-state index in [9.17, 15) is 9.00 Å². The largest absolute Gasteiger partial charge is 0.493 e. The minimum Gasteiger partial charge on any atom is -0.493 e. The second kappa shape index (κ2) is 10.8. The van der Waals surface area contributed by atoms with Gasteiger partial charge in [0.15, 0.2) is 11.5 Å². The van der Waals surface area contributed by atoms with E-state index < -0.39 is 10.8 Å². The van der Waals surface area contributed by atoms with Crippen LogP contribution in [-0.4, -0.2) is 34.9 Å². The summed E-state index contributed by atoms with van der Waals surface area (Å²) in [6.45, 7) is 2.68. The predicted octanol–water partition coefficient (Wildman–Crippen LogP) is 4.67. The number of hydrogen-bond donors (Lipinski definition) is 0. The third-order valence-electron chi connectivity index (χ3n) is 4.86. The number of benzene rings is 3. The lowest BCUT2D eigenvalue weighted by Gasteiger charge is -2.20. The zero-order chi connectivity index (χ0) is 22.2. The van der Waals surface area contributed by atoms with Crippen molar-refractivity contribution in [3.63, 3.8) is 0 Å². The molecule has 0 aliphatic carbocycles. The molecule has 1 amide bonds. The molecule has 0 bridgehead atoms. The number of amides is 1. The molecule has 0 aliphatic rings. The fourth-order valence-electron chi connectivity index (χ4n) is 3.21. The van der Waals surface area contributed by atoms with E-state index >= 15 is 0 Å². The molecule has 1 atom stereocenters. The molecular weight excluding hydrogens is 410 g/mol. The minimum atomic E-state index is -1.20. The number of ether oxygens (including phenoxy) is 2. The van der Waals surface area contributed by atoms with Crippen LogP contribution in [0.15, 0.2) is 77.7 Å². The molecule has 0 aromatic heterocycles. The molecule has 6 heteroatoms. The molecule has 0 spiro atoms. The summed E-state index contributed by atoms with van der Waals surface area (Å²) in [4.78, 5) is 15.2. The average molecular weight is 438 g/mol. The Bertz CT molecular complexity index is 1050. The van der Waals surface area contributed by atoms with Crippen LogP contribution in [0.25, 0.3) is 0 Å². The van der Waals surface area contributed by atoms with E-state index in [0.717, 1.165) is 11.1 Å². The van der Waals surface area contributed by atoms with Crippen molar-refractivity contribution in [2.75, 3.05) is 19.9 Å². The molecule has 0 radical (unpaired) electrons. The average Bonchev–Trinajstić information content (AvgIpc) is 2.82. The molecule has 0 aliphatic heterocycles. The molecule has 3 rings (SSSR count). The summed E-state index contributed by atoms with van der Waals surface area (Å²) in [5.41, 5.74) is 2.45. The Kier molecular flexibility index (Phi) is 7.84.